The molecule has 0 unspecified atom stereocenters. The highest BCUT2D eigenvalue weighted by Crippen LogP contribution is 2.38. The Bertz CT molecular complexity index is 1080. The molecule has 0 aliphatic carbocycles. The summed E-state index contributed by atoms with van der Waals surface area (Å²) in [6.45, 7) is 5.93. The van der Waals surface area contributed by atoms with Gasteiger partial charge in [0.2, 0.25) is 0 Å². The average molecular weight is 486 g/mol. The van der Waals surface area contributed by atoms with Crippen molar-refractivity contribution in [3.05, 3.63) is 54.0 Å². The summed E-state index contributed by atoms with van der Waals surface area (Å²) in [7, 11) is 0. The van der Waals surface area contributed by atoms with Crippen molar-refractivity contribution in [1.29, 1.82) is 0 Å². The van der Waals surface area contributed by atoms with Crippen molar-refractivity contribution in [1.82, 2.24) is 19.9 Å². The van der Waals surface area contributed by atoms with Gasteiger partial charge in [0.1, 0.15) is 16.9 Å². The van der Waals surface area contributed by atoms with Gasteiger partial charge in [-0.15, -0.1) is 0 Å². The number of hydrogen-bond acceptors (Lipinski definition) is 8. The molecular formula is C24H31N5O6. The number of aryl methyl sites for hydroxylation is 1. The molecule has 2 atom stereocenters. The summed E-state index contributed by atoms with van der Waals surface area (Å²) >= 11 is 0. The predicted octanol–water partition coefficient (Wildman–Crippen LogP) is 1.47. The van der Waals surface area contributed by atoms with E-state index in [0.717, 1.165) is 47.9 Å². The lowest BCUT2D eigenvalue weighted by molar-refractivity contribution is -0.123. The molecule has 3 aromatic rings. The molecule has 2 saturated heterocycles. The second kappa shape index (κ2) is 12.2. The molecule has 2 aliphatic rings. The number of benzene rings is 1. The number of morpholine rings is 1. The van der Waals surface area contributed by atoms with Crippen molar-refractivity contribution < 1.29 is 29.6 Å². The van der Waals surface area contributed by atoms with Gasteiger partial charge in [-0.2, -0.15) is 0 Å². The standard InChI is InChI=1S/C22H27N5O2.2CH2O2/c1-16-24-18-7-9-23-20(18)21(25-16)27-10-8-22(28,17-5-3-2-4-6-17)19(15-27)26-11-13-29-14-12-26;2*2-1-3/h2-7,9,19,23,28H,8,10-15H2,1H3;2*1H,(H,2,3)/t19-,22+;;/m1../s1. The van der Waals surface area contributed by atoms with E-state index in [-0.39, 0.29) is 19.0 Å². The molecule has 4 N–H and O–H groups in total. The van der Waals surface area contributed by atoms with Crippen molar-refractivity contribution in [2.75, 3.05) is 44.3 Å². The van der Waals surface area contributed by atoms with E-state index in [2.05, 4.69) is 19.8 Å². The van der Waals surface area contributed by atoms with E-state index < -0.39 is 5.60 Å². The van der Waals surface area contributed by atoms with Crippen molar-refractivity contribution in [3.8, 4) is 0 Å². The molecule has 2 aliphatic heterocycles. The number of aromatic amines is 1. The third-order valence-corrected chi connectivity index (χ3v) is 6.27. The van der Waals surface area contributed by atoms with Crippen LogP contribution in [0, 0.1) is 6.92 Å². The fourth-order valence-corrected chi connectivity index (χ4v) is 4.76. The Morgan fingerprint density at radius 1 is 1.06 bits per heavy atom. The van der Waals surface area contributed by atoms with E-state index >= 15 is 0 Å². The van der Waals surface area contributed by atoms with E-state index in [1.54, 1.807) is 0 Å². The van der Waals surface area contributed by atoms with Crippen LogP contribution in [0.2, 0.25) is 0 Å². The van der Waals surface area contributed by atoms with Crippen LogP contribution in [0.1, 0.15) is 17.8 Å². The Morgan fingerprint density at radius 2 is 1.71 bits per heavy atom. The first-order valence-electron chi connectivity index (χ1n) is 11.3. The molecule has 2 fully saturated rings. The lowest BCUT2D eigenvalue weighted by Crippen LogP contribution is -2.62. The Balaban J connectivity index is 0.000000520. The van der Waals surface area contributed by atoms with Crippen LogP contribution in [0.4, 0.5) is 5.82 Å². The van der Waals surface area contributed by atoms with E-state index in [4.69, 9.17) is 29.5 Å². The van der Waals surface area contributed by atoms with Crippen molar-refractivity contribution in [3.63, 3.8) is 0 Å². The Morgan fingerprint density at radius 3 is 2.37 bits per heavy atom. The fourth-order valence-electron chi connectivity index (χ4n) is 4.76. The van der Waals surface area contributed by atoms with Crippen LogP contribution >= 0.6 is 0 Å². The van der Waals surface area contributed by atoms with Crippen LogP contribution in [0.15, 0.2) is 42.6 Å². The van der Waals surface area contributed by atoms with Gasteiger partial charge in [-0.05, 0) is 25.0 Å². The number of carboxylic acid groups (broad SMARTS) is 2. The van der Waals surface area contributed by atoms with Gasteiger partial charge in [0, 0.05) is 32.4 Å². The van der Waals surface area contributed by atoms with Crippen LogP contribution in [0.3, 0.4) is 0 Å². The summed E-state index contributed by atoms with van der Waals surface area (Å²) in [6.07, 6.45) is 2.55. The average Bonchev–Trinajstić information content (AvgIpc) is 3.34. The number of aromatic nitrogens is 3. The van der Waals surface area contributed by atoms with Gasteiger partial charge in [-0.1, -0.05) is 30.3 Å². The maximum absolute atomic E-state index is 11.9. The molecule has 0 radical (unpaired) electrons. The highest BCUT2D eigenvalue weighted by molar-refractivity contribution is 5.86. The monoisotopic (exact) mass is 485 g/mol. The number of ether oxygens (including phenoxy) is 1. The molecule has 35 heavy (non-hydrogen) atoms. The minimum absolute atomic E-state index is 0.0390. The summed E-state index contributed by atoms with van der Waals surface area (Å²) in [5.74, 6) is 1.68. The number of nitrogens with zero attached hydrogens (tertiary/aromatic N) is 4. The number of hydrogen-bond donors (Lipinski definition) is 4. The lowest BCUT2D eigenvalue weighted by Gasteiger charge is -2.50. The SMILES string of the molecule is Cc1nc(N2CC[C@](O)(c3ccccc3)[C@H](N3CCOCC3)C2)c2[nH]ccc2n1.O=CO.O=CO. The third kappa shape index (κ3) is 5.94. The minimum atomic E-state index is -0.897. The molecule has 0 saturated carbocycles. The zero-order valence-corrected chi connectivity index (χ0v) is 19.6. The first-order valence-corrected chi connectivity index (χ1v) is 11.3. The van der Waals surface area contributed by atoms with Gasteiger partial charge in [0.05, 0.1) is 24.8 Å². The zero-order chi connectivity index (χ0) is 25.3. The number of H-pyrrole nitrogens is 1. The third-order valence-electron chi connectivity index (χ3n) is 6.27. The second-order valence-electron chi connectivity index (χ2n) is 8.19. The molecule has 2 aromatic heterocycles. The number of carbonyl (C=O) groups is 2. The largest absolute Gasteiger partial charge is 0.483 e. The zero-order valence-electron chi connectivity index (χ0n) is 19.6. The Kier molecular flexibility index (Phi) is 9.12. The Labute approximate surface area is 203 Å². The molecule has 0 spiro atoms. The van der Waals surface area contributed by atoms with Crippen LogP contribution < -0.4 is 4.90 Å². The minimum Gasteiger partial charge on any atom is -0.483 e. The summed E-state index contributed by atoms with van der Waals surface area (Å²) < 4.78 is 5.58. The van der Waals surface area contributed by atoms with Crippen molar-refractivity contribution in [2.45, 2.75) is 25.0 Å². The first kappa shape index (κ1) is 26.1. The van der Waals surface area contributed by atoms with Crippen LogP contribution in [-0.4, -0.2) is 93.6 Å². The van der Waals surface area contributed by atoms with Gasteiger partial charge < -0.3 is 29.9 Å². The number of aliphatic hydroxyl groups is 1. The van der Waals surface area contributed by atoms with Crippen LogP contribution in [0.5, 0.6) is 0 Å². The molecular weight excluding hydrogens is 454 g/mol. The lowest BCUT2D eigenvalue weighted by atomic mass is 9.79. The quantitative estimate of drug-likeness (QED) is 0.401. The summed E-state index contributed by atoms with van der Waals surface area (Å²) in [6, 6.07) is 12.0. The summed E-state index contributed by atoms with van der Waals surface area (Å²) in [5.41, 5.74) is 1.98. The predicted molar refractivity (Wildman–Crippen MR) is 129 cm³/mol. The maximum Gasteiger partial charge on any atom is 0.290 e. The molecule has 5 rings (SSSR count). The van der Waals surface area contributed by atoms with Gasteiger partial charge in [0.15, 0.2) is 5.82 Å². The number of fused-ring (bicyclic) bond motifs is 1. The smallest absolute Gasteiger partial charge is 0.290 e. The maximum atomic E-state index is 11.9. The van der Waals surface area contributed by atoms with Crippen molar-refractivity contribution >= 4 is 29.8 Å². The molecule has 0 amide bonds. The fraction of sp³-hybridized carbons (Fsp3) is 0.417. The van der Waals surface area contributed by atoms with Gasteiger partial charge in [0.25, 0.3) is 12.9 Å². The Hall–Kier alpha value is -3.54. The number of anilines is 1. The topological polar surface area (TPSA) is 152 Å². The van der Waals surface area contributed by atoms with Gasteiger partial charge in [-0.3, -0.25) is 14.5 Å². The van der Waals surface area contributed by atoms with E-state index in [1.165, 1.54) is 0 Å². The van der Waals surface area contributed by atoms with Crippen LogP contribution in [-0.2, 0) is 19.9 Å². The van der Waals surface area contributed by atoms with E-state index in [1.807, 2.05) is 49.5 Å². The number of rotatable bonds is 3. The molecule has 4 heterocycles. The molecule has 0 bridgehead atoms. The van der Waals surface area contributed by atoms with Crippen LogP contribution in [0.25, 0.3) is 11.0 Å². The van der Waals surface area contributed by atoms with Gasteiger partial charge >= 0.3 is 0 Å². The molecule has 11 heteroatoms. The normalized spacial score (nSPS) is 22.3. The number of nitrogens with one attached hydrogen (secondary N) is 1. The van der Waals surface area contributed by atoms with Gasteiger partial charge in [-0.25, -0.2) is 9.97 Å². The highest BCUT2D eigenvalue weighted by atomic mass is 16.5. The molecule has 188 valence electrons. The summed E-state index contributed by atoms with van der Waals surface area (Å²) in [5, 5.41) is 25.7. The second-order valence-corrected chi connectivity index (χ2v) is 8.19. The summed E-state index contributed by atoms with van der Waals surface area (Å²) in [4.78, 5) is 34.0. The van der Waals surface area contributed by atoms with E-state index in [0.29, 0.717) is 26.2 Å². The van der Waals surface area contributed by atoms with E-state index in [9.17, 15) is 5.11 Å². The molecule has 1 aromatic carbocycles. The number of piperidine rings is 1. The molecule has 11 nitrogen and oxygen atoms in total. The first-order chi connectivity index (χ1) is 17.0. The highest BCUT2D eigenvalue weighted by Gasteiger charge is 2.46. The van der Waals surface area contributed by atoms with Crippen molar-refractivity contribution in [2.24, 2.45) is 0 Å².